The summed E-state index contributed by atoms with van der Waals surface area (Å²) in [6, 6.07) is 8.32. The number of carbonyl (C=O) groups excluding carboxylic acids is 1. The summed E-state index contributed by atoms with van der Waals surface area (Å²) in [5.41, 5.74) is 4.21. The fourth-order valence-electron chi connectivity index (χ4n) is 3.00. The molecule has 0 aliphatic carbocycles. The van der Waals surface area contributed by atoms with Gasteiger partial charge in [-0.3, -0.25) is 4.79 Å². The van der Waals surface area contributed by atoms with Gasteiger partial charge in [0.2, 0.25) is 0 Å². The van der Waals surface area contributed by atoms with Gasteiger partial charge in [0.05, 0.1) is 5.69 Å². The first-order chi connectivity index (χ1) is 11.5. The number of fused-ring (bicyclic) bond motifs is 1. The molecule has 2 aromatic rings. The van der Waals surface area contributed by atoms with Crippen molar-refractivity contribution in [2.45, 2.75) is 26.7 Å². The third kappa shape index (κ3) is 2.75. The van der Waals surface area contributed by atoms with Crippen LogP contribution in [0.4, 0.5) is 17.2 Å². The highest BCUT2D eigenvalue weighted by Crippen LogP contribution is 2.43. The van der Waals surface area contributed by atoms with E-state index in [4.69, 9.17) is 0 Å². The zero-order chi connectivity index (χ0) is 17.3. The minimum Gasteiger partial charge on any atom is -0.354 e. The maximum atomic E-state index is 11.8. The van der Waals surface area contributed by atoms with E-state index >= 15 is 0 Å². The number of rotatable bonds is 3. The van der Waals surface area contributed by atoms with E-state index in [9.17, 15) is 4.79 Å². The van der Waals surface area contributed by atoms with Gasteiger partial charge in [-0.15, -0.1) is 0 Å². The van der Waals surface area contributed by atoms with Crippen LogP contribution in [-0.4, -0.2) is 35.2 Å². The average molecular weight is 323 g/mol. The molecule has 0 bridgehead atoms. The number of nitrogens with zero attached hydrogens (tertiary/aromatic N) is 4. The second-order valence-electron chi connectivity index (χ2n) is 5.98. The van der Waals surface area contributed by atoms with Crippen molar-refractivity contribution in [3.63, 3.8) is 0 Å². The third-order valence-corrected chi connectivity index (χ3v) is 4.29. The number of carbonyl (C=O) groups is 1. The van der Waals surface area contributed by atoms with Crippen LogP contribution < -0.4 is 10.2 Å². The second-order valence-corrected chi connectivity index (χ2v) is 5.98. The van der Waals surface area contributed by atoms with Gasteiger partial charge in [0, 0.05) is 25.2 Å². The minimum absolute atomic E-state index is 0.209. The topological polar surface area (TPSA) is 70.5 Å². The number of anilines is 2. The van der Waals surface area contributed by atoms with Crippen LogP contribution in [-0.2, 0) is 4.79 Å². The Morgan fingerprint density at radius 2 is 2.08 bits per heavy atom. The van der Waals surface area contributed by atoms with Crippen LogP contribution in [0.1, 0.15) is 31.0 Å². The Kier molecular flexibility index (Phi) is 4.29. The monoisotopic (exact) mass is 323 g/mol. The molecule has 6 nitrogen and oxygen atoms in total. The summed E-state index contributed by atoms with van der Waals surface area (Å²) < 4.78 is 0. The number of amides is 1. The van der Waals surface area contributed by atoms with E-state index in [2.05, 4.69) is 50.3 Å². The average Bonchev–Trinajstić information content (AvgIpc) is 2.93. The molecule has 1 amide bonds. The maximum absolute atomic E-state index is 11.8. The molecule has 3 rings (SSSR count). The molecule has 0 saturated heterocycles. The van der Waals surface area contributed by atoms with Crippen LogP contribution >= 0.6 is 0 Å². The number of aryl methyl sites for hydroxylation is 1. The molecule has 0 radical (unpaired) electrons. The lowest BCUT2D eigenvalue weighted by Crippen LogP contribution is -2.25. The molecule has 2 heterocycles. The molecule has 0 spiro atoms. The van der Waals surface area contributed by atoms with E-state index in [0.29, 0.717) is 17.3 Å². The lowest BCUT2D eigenvalue weighted by Gasteiger charge is -2.21. The van der Waals surface area contributed by atoms with Gasteiger partial charge in [-0.2, -0.15) is 0 Å². The van der Waals surface area contributed by atoms with E-state index in [0.717, 1.165) is 23.7 Å². The van der Waals surface area contributed by atoms with E-state index in [1.54, 1.807) is 20.3 Å². The summed E-state index contributed by atoms with van der Waals surface area (Å²) in [6.07, 6.45) is 1.55. The third-order valence-electron chi connectivity index (χ3n) is 4.29. The van der Waals surface area contributed by atoms with Crippen molar-refractivity contribution in [1.29, 1.82) is 0 Å². The molecule has 1 atom stereocenters. The molecule has 0 fully saturated rings. The number of hydrogen-bond acceptors (Lipinski definition) is 5. The maximum Gasteiger partial charge on any atom is 0.265 e. The molecule has 1 aromatic carbocycles. The Bertz CT molecular complexity index is 815. The molecule has 1 aliphatic rings. The number of benzene rings is 1. The quantitative estimate of drug-likeness (QED) is 0.882. The smallest absolute Gasteiger partial charge is 0.265 e. The first kappa shape index (κ1) is 16.1. The number of aromatic nitrogens is 2. The highest BCUT2D eigenvalue weighted by Gasteiger charge is 2.29. The highest BCUT2D eigenvalue weighted by atomic mass is 16.1. The van der Waals surface area contributed by atoms with Gasteiger partial charge < -0.3 is 10.2 Å². The lowest BCUT2D eigenvalue weighted by molar-refractivity contribution is -0.114. The molecule has 124 valence electrons. The summed E-state index contributed by atoms with van der Waals surface area (Å²) in [7, 11) is 1.59. The number of hydrogen-bond donors (Lipinski definition) is 1. The molecule has 24 heavy (non-hydrogen) atoms. The number of nitrogens with one attached hydrogen (secondary N) is 1. The van der Waals surface area contributed by atoms with Gasteiger partial charge in [-0.1, -0.05) is 25.1 Å². The molecule has 1 aromatic heterocycles. The van der Waals surface area contributed by atoms with Crippen LogP contribution in [0.2, 0.25) is 0 Å². The van der Waals surface area contributed by atoms with Crippen molar-refractivity contribution in [3.05, 3.63) is 41.9 Å². The number of aliphatic imine (C=N–C) groups is 1. The SMILES string of the molecule is CNC(=O)/C(C)=N/c1c(C)ncnc1N1CC(C)c2ccccc21. The summed E-state index contributed by atoms with van der Waals surface area (Å²) in [6.45, 7) is 6.60. The Hall–Kier alpha value is -2.76. The first-order valence-corrected chi connectivity index (χ1v) is 7.98. The van der Waals surface area contributed by atoms with E-state index < -0.39 is 0 Å². The van der Waals surface area contributed by atoms with Crippen molar-refractivity contribution >= 4 is 28.8 Å². The molecule has 0 saturated carbocycles. The molecule has 1 unspecified atom stereocenters. The van der Waals surface area contributed by atoms with Crippen molar-refractivity contribution < 1.29 is 4.79 Å². The van der Waals surface area contributed by atoms with Gasteiger partial charge >= 0.3 is 0 Å². The predicted molar refractivity (Wildman–Crippen MR) is 95.5 cm³/mol. The first-order valence-electron chi connectivity index (χ1n) is 7.98. The predicted octanol–water partition coefficient (Wildman–Crippen LogP) is 2.88. The van der Waals surface area contributed by atoms with Crippen molar-refractivity contribution in [2.24, 2.45) is 4.99 Å². The largest absolute Gasteiger partial charge is 0.354 e. The summed E-state index contributed by atoms with van der Waals surface area (Å²) >= 11 is 0. The summed E-state index contributed by atoms with van der Waals surface area (Å²) in [5, 5.41) is 2.59. The Balaban J connectivity index is 2.11. The molecule has 1 aliphatic heterocycles. The summed E-state index contributed by atoms with van der Waals surface area (Å²) in [5.74, 6) is 0.940. The van der Waals surface area contributed by atoms with Crippen LogP contribution in [0.5, 0.6) is 0 Å². The van der Waals surface area contributed by atoms with Crippen molar-refractivity contribution in [1.82, 2.24) is 15.3 Å². The minimum atomic E-state index is -0.209. The molecular weight excluding hydrogens is 302 g/mol. The second kappa shape index (κ2) is 6.39. The molecule has 1 N–H and O–H groups in total. The fourth-order valence-corrected chi connectivity index (χ4v) is 3.00. The zero-order valence-electron chi connectivity index (χ0n) is 14.4. The van der Waals surface area contributed by atoms with Gasteiger partial charge in [0.15, 0.2) is 5.82 Å². The number of para-hydroxylation sites is 1. The van der Waals surface area contributed by atoms with E-state index in [-0.39, 0.29) is 5.91 Å². The van der Waals surface area contributed by atoms with Crippen molar-refractivity contribution in [2.75, 3.05) is 18.5 Å². The Morgan fingerprint density at radius 3 is 2.83 bits per heavy atom. The van der Waals surface area contributed by atoms with E-state index in [1.165, 1.54) is 5.56 Å². The lowest BCUT2D eigenvalue weighted by atomic mass is 10.0. The zero-order valence-corrected chi connectivity index (χ0v) is 14.4. The van der Waals surface area contributed by atoms with Gasteiger partial charge in [-0.25, -0.2) is 15.0 Å². The highest BCUT2D eigenvalue weighted by molar-refractivity contribution is 6.38. The normalized spacial score (nSPS) is 16.9. The standard InChI is InChI=1S/C18H21N5O/c1-11-9-23(15-8-6-5-7-14(11)15)17-16(12(2)20-10-21-17)22-13(3)18(24)19-4/h5-8,10-11H,9H2,1-4H3,(H,19,24)/b22-13+. The van der Waals surface area contributed by atoms with Gasteiger partial charge in [-0.05, 0) is 25.5 Å². The van der Waals surface area contributed by atoms with Crippen LogP contribution in [0.25, 0.3) is 0 Å². The van der Waals surface area contributed by atoms with Crippen LogP contribution in [0, 0.1) is 6.92 Å². The molecule has 6 heteroatoms. The van der Waals surface area contributed by atoms with Crippen LogP contribution in [0.15, 0.2) is 35.6 Å². The van der Waals surface area contributed by atoms with Gasteiger partial charge in [0.25, 0.3) is 5.91 Å². The molecular formula is C18H21N5O. The van der Waals surface area contributed by atoms with Crippen LogP contribution in [0.3, 0.4) is 0 Å². The summed E-state index contributed by atoms with van der Waals surface area (Å²) in [4.78, 5) is 27.2. The Labute approximate surface area is 141 Å². The van der Waals surface area contributed by atoms with Crippen molar-refractivity contribution in [3.8, 4) is 0 Å². The van der Waals surface area contributed by atoms with E-state index in [1.807, 2.05) is 13.0 Å². The Morgan fingerprint density at radius 1 is 1.33 bits per heavy atom. The van der Waals surface area contributed by atoms with Gasteiger partial charge in [0.1, 0.15) is 17.7 Å². The fraction of sp³-hybridized carbons (Fsp3) is 0.333.